The van der Waals surface area contributed by atoms with E-state index >= 15 is 0 Å². The number of amides is 1. The van der Waals surface area contributed by atoms with Gasteiger partial charge in [0.05, 0.1) is 19.0 Å². The molecule has 0 aliphatic carbocycles. The maximum atomic E-state index is 12.0. The summed E-state index contributed by atoms with van der Waals surface area (Å²) >= 11 is 0. The highest BCUT2D eigenvalue weighted by Crippen LogP contribution is 2.16. The number of anilines is 1. The number of carbonyl (C=O) groups excluding carboxylic acids is 1. The Balaban J connectivity index is 1.97. The highest BCUT2D eigenvalue weighted by atomic mass is 16.5. The summed E-state index contributed by atoms with van der Waals surface area (Å²) in [4.78, 5) is 19.9. The molecule has 2 heterocycles. The number of carbonyl (C=O) groups is 1. The lowest BCUT2D eigenvalue weighted by Gasteiger charge is -2.18. The molecule has 1 aromatic rings. The van der Waals surface area contributed by atoms with Crippen molar-refractivity contribution in [2.45, 2.75) is 19.4 Å². The minimum absolute atomic E-state index is 0.0521. The van der Waals surface area contributed by atoms with Crippen LogP contribution < -0.4 is 16.6 Å². The van der Waals surface area contributed by atoms with E-state index in [1.165, 1.54) is 12.4 Å². The molecule has 0 spiro atoms. The topological polar surface area (TPSA) is 102 Å². The standard InChI is InChI=1S/C11H17N5O2/c1-7(8-2-3-18-6-8)14-11(17)9-4-13-5-10(15-9)16-12/h4-5,7-8H,2-3,6,12H2,1H3,(H,14,17)(H,15,16). The number of nitrogens with zero attached hydrogens (tertiary/aromatic N) is 2. The summed E-state index contributed by atoms with van der Waals surface area (Å²) < 4.78 is 5.30. The Kier molecular flexibility index (Phi) is 4.06. The lowest BCUT2D eigenvalue weighted by atomic mass is 10.0. The second kappa shape index (κ2) is 5.74. The number of ether oxygens (including phenoxy) is 1. The molecular formula is C11H17N5O2. The smallest absolute Gasteiger partial charge is 0.271 e. The Morgan fingerprint density at radius 2 is 2.44 bits per heavy atom. The van der Waals surface area contributed by atoms with Crippen LogP contribution >= 0.6 is 0 Å². The zero-order valence-corrected chi connectivity index (χ0v) is 10.2. The molecule has 1 aliphatic heterocycles. The van der Waals surface area contributed by atoms with Crippen LogP contribution in [0.2, 0.25) is 0 Å². The van der Waals surface area contributed by atoms with Gasteiger partial charge in [0.2, 0.25) is 0 Å². The maximum absolute atomic E-state index is 12.0. The Hall–Kier alpha value is -1.73. The van der Waals surface area contributed by atoms with Crippen LogP contribution in [-0.2, 0) is 4.74 Å². The van der Waals surface area contributed by atoms with E-state index in [0.29, 0.717) is 18.3 Å². The number of nitrogens with two attached hydrogens (primary N) is 1. The fourth-order valence-electron chi connectivity index (χ4n) is 1.89. The van der Waals surface area contributed by atoms with Gasteiger partial charge in [-0.3, -0.25) is 9.78 Å². The van der Waals surface area contributed by atoms with Gasteiger partial charge in [-0.15, -0.1) is 0 Å². The van der Waals surface area contributed by atoms with Crippen molar-refractivity contribution in [3.05, 3.63) is 18.1 Å². The molecule has 98 valence electrons. The van der Waals surface area contributed by atoms with Crippen molar-refractivity contribution >= 4 is 11.7 Å². The van der Waals surface area contributed by atoms with E-state index in [0.717, 1.165) is 13.0 Å². The lowest BCUT2D eigenvalue weighted by molar-refractivity contribution is 0.0917. The number of hydrogen-bond donors (Lipinski definition) is 3. The van der Waals surface area contributed by atoms with Crippen LogP contribution in [0.1, 0.15) is 23.8 Å². The average Bonchev–Trinajstić information content (AvgIpc) is 2.92. The average molecular weight is 251 g/mol. The van der Waals surface area contributed by atoms with Crippen LogP contribution in [0, 0.1) is 5.92 Å². The molecule has 4 N–H and O–H groups in total. The molecule has 0 radical (unpaired) electrons. The van der Waals surface area contributed by atoms with Gasteiger partial charge in [-0.25, -0.2) is 10.8 Å². The van der Waals surface area contributed by atoms with E-state index in [4.69, 9.17) is 10.6 Å². The van der Waals surface area contributed by atoms with Crippen molar-refractivity contribution in [3.8, 4) is 0 Å². The molecule has 2 atom stereocenters. The van der Waals surface area contributed by atoms with E-state index in [1.807, 2.05) is 6.92 Å². The molecule has 7 nitrogen and oxygen atoms in total. The highest BCUT2D eigenvalue weighted by Gasteiger charge is 2.24. The Morgan fingerprint density at radius 1 is 1.61 bits per heavy atom. The molecule has 0 aromatic carbocycles. The fourth-order valence-corrected chi connectivity index (χ4v) is 1.89. The van der Waals surface area contributed by atoms with Gasteiger partial charge in [0.15, 0.2) is 5.82 Å². The first-order chi connectivity index (χ1) is 8.70. The van der Waals surface area contributed by atoms with Gasteiger partial charge in [0.25, 0.3) is 5.91 Å². The van der Waals surface area contributed by atoms with Gasteiger partial charge >= 0.3 is 0 Å². The summed E-state index contributed by atoms with van der Waals surface area (Å²) in [6, 6.07) is 0.0521. The first kappa shape index (κ1) is 12.7. The van der Waals surface area contributed by atoms with E-state index < -0.39 is 0 Å². The van der Waals surface area contributed by atoms with Crippen LogP contribution in [0.15, 0.2) is 12.4 Å². The molecule has 2 unspecified atom stereocenters. The molecule has 1 fully saturated rings. The molecule has 0 saturated carbocycles. The van der Waals surface area contributed by atoms with Crippen molar-refractivity contribution in [1.82, 2.24) is 15.3 Å². The summed E-state index contributed by atoms with van der Waals surface area (Å²) in [6.07, 6.45) is 3.83. The molecule has 2 rings (SSSR count). The van der Waals surface area contributed by atoms with Crippen LogP contribution in [0.25, 0.3) is 0 Å². The minimum Gasteiger partial charge on any atom is -0.381 e. The fraction of sp³-hybridized carbons (Fsp3) is 0.545. The van der Waals surface area contributed by atoms with Gasteiger partial charge in [0, 0.05) is 18.6 Å². The molecule has 1 saturated heterocycles. The number of rotatable bonds is 4. The highest BCUT2D eigenvalue weighted by molar-refractivity contribution is 5.92. The van der Waals surface area contributed by atoms with Crippen molar-refractivity contribution in [2.75, 3.05) is 18.6 Å². The molecule has 1 aliphatic rings. The maximum Gasteiger partial charge on any atom is 0.271 e. The third kappa shape index (κ3) is 2.93. The van der Waals surface area contributed by atoms with E-state index in [2.05, 4.69) is 20.7 Å². The summed E-state index contributed by atoms with van der Waals surface area (Å²) in [6.45, 7) is 3.42. The number of aromatic nitrogens is 2. The van der Waals surface area contributed by atoms with E-state index in [9.17, 15) is 4.79 Å². The monoisotopic (exact) mass is 251 g/mol. The van der Waals surface area contributed by atoms with Crippen molar-refractivity contribution in [2.24, 2.45) is 11.8 Å². The normalized spacial score (nSPS) is 20.4. The first-order valence-corrected chi connectivity index (χ1v) is 5.88. The second-order valence-corrected chi connectivity index (χ2v) is 4.32. The third-order valence-electron chi connectivity index (χ3n) is 3.05. The SMILES string of the molecule is CC(NC(=O)c1cncc(NN)n1)C1CCOC1. The largest absolute Gasteiger partial charge is 0.381 e. The molecule has 7 heteroatoms. The van der Waals surface area contributed by atoms with Crippen LogP contribution in [0.3, 0.4) is 0 Å². The van der Waals surface area contributed by atoms with Crippen molar-refractivity contribution in [1.29, 1.82) is 0 Å². The minimum atomic E-state index is -0.251. The summed E-state index contributed by atoms with van der Waals surface area (Å²) in [5.74, 6) is 5.69. The zero-order valence-electron chi connectivity index (χ0n) is 10.2. The molecule has 0 bridgehead atoms. The predicted molar refractivity (Wildman–Crippen MR) is 65.7 cm³/mol. The number of nitrogens with one attached hydrogen (secondary N) is 2. The molecular weight excluding hydrogens is 234 g/mol. The summed E-state index contributed by atoms with van der Waals surface area (Å²) in [5, 5.41) is 2.90. The molecule has 1 aromatic heterocycles. The van der Waals surface area contributed by atoms with Crippen LogP contribution in [0.4, 0.5) is 5.82 Å². The number of hydrazine groups is 1. The van der Waals surface area contributed by atoms with Crippen molar-refractivity contribution in [3.63, 3.8) is 0 Å². The van der Waals surface area contributed by atoms with E-state index in [-0.39, 0.29) is 17.6 Å². The molecule has 18 heavy (non-hydrogen) atoms. The van der Waals surface area contributed by atoms with Crippen LogP contribution in [0.5, 0.6) is 0 Å². The van der Waals surface area contributed by atoms with Gasteiger partial charge in [0.1, 0.15) is 5.69 Å². The Bertz CT molecular complexity index is 420. The Labute approximate surface area is 105 Å². The summed E-state index contributed by atoms with van der Waals surface area (Å²) in [7, 11) is 0. The third-order valence-corrected chi connectivity index (χ3v) is 3.05. The van der Waals surface area contributed by atoms with Gasteiger partial charge in [-0.1, -0.05) is 0 Å². The predicted octanol–water partition coefficient (Wildman–Crippen LogP) is -0.0830. The quantitative estimate of drug-likeness (QED) is 0.511. The lowest BCUT2D eigenvalue weighted by Crippen LogP contribution is -2.38. The second-order valence-electron chi connectivity index (χ2n) is 4.32. The molecule has 1 amide bonds. The van der Waals surface area contributed by atoms with E-state index in [1.54, 1.807) is 0 Å². The van der Waals surface area contributed by atoms with Crippen LogP contribution in [-0.4, -0.2) is 35.1 Å². The number of nitrogen functional groups attached to an aromatic ring is 1. The number of hydrogen-bond acceptors (Lipinski definition) is 6. The van der Waals surface area contributed by atoms with Crippen molar-refractivity contribution < 1.29 is 9.53 Å². The Morgan fingerprint density at radius 3 is 3.11 bits per heavy atom. The zero-order chi connectivity index (χ0) is 13.0. The van der Waals surface area contributed by atoms with Gasteiger partial charge in [-0.2, -0.15) is 0 Å². The summed E-state index contributed by atoms with van der Waals surface area (Å²) in [5.41, 5.74) is 2.60. The van der Waals surface area contributed by atoms with Gasteiger partial charge < -0.3 is 15.5 Å². The first-order valence-electron chi connectivity index (χ1n) is 5.88. The van der Waals surface area contributed by atoms with Gasteiger partial charge in [-0.05, 0) is 13.3 Å².